The number of fused-ring (bicyclic) bond motifs is 1. The third-order valence-corrected chi connectivity index (χ3v) is 2.20. The first-order valence-corrected chi connectivity index (χ1v) is 4.66. The van der Waals surface area contributed by atoms with E-state index >= 15 is 0 Å². The Balaban J connectivity index is 2.41. The third-order valence-electron chi connectivity index (χ3n) is 2.20. The number of nitrogens with zero attached hydrogens (tertiary/aromatic N) is 4. The van der Waals surface area contributed by atoms with E-state index in [4.69, 9.17) is 0 Å². The number of halogens is 3. The van der Waals surface area contributed by atoms with Crippen LogP contribution in [-0.2, 0) is 6.54 Å². The van der Waals surface area contributed by atoms with E-state index in [1.165, 1.54) is 18.6 Å². The second-order valence-electron chi connectivity index (χ2n) is 3.48. The molecule has 2 heterocycles. The van der Waals surface area contributed by atoms with E-state index in [1.807, 2.05) is 0 Å². The van der Waals surface area contributed by atoms with E-state index in [0.717, 1.165) is 4.40 Å². The third kappa shape index (κ3) is 2.08. The van der Waals surface area contributed by atoms with Crippen molar-refractivity contribution in [1.82, 2.24) is 19.2 Å². The maximum Gasteiger partial charge on any atom is 0.506 e. The maximum atomic E-state index is 12.3. The van der Waals surface area contributed by atoms with Crippen LogP contribution in [0.2, 0.25) is 0 Å². The van der Waals surface area contributed by atoms with Gasteiger partial charge in [-0.2, -0.15) is 0 Å². The van der Waals surface area contributed by atoms with Gasteiger partial charge >= 0.3 is 12.7 Å². The minimum Gasteiger partial charge on any atom is -0.445 e. The first-order chi connectivity index (χ1) is 7.89. The Morgan fingerprint density at radius 2 is 2.18 bits per heavy atom. The minimum absolute atomic E-state index is 0.194. The number of aromatic nitrogens is 4. The fraction of sp³-hybridized carbons (Fsp3) is 0.125. The van der Waals surface area contributed by atoms with Crippen molar-refractivity contribution in [3.05, 3.63) is 41.1 Å². The van der Waals surface area contributed by atoms with E-state index < -0.39 is 24.7 Å². The van der Waals surface area contributed by atoms with Crippen LogP contribution in [0.1, 0.15) is 0 Å². The summed E-state index contributed by atoms with van der Waals surface area (Å²) in [5.41, 5.74) is -1.42. The first-order valence-electron chi connectivity index (χ1n) is 4.66. The number of hydrogen-bond acceptors (Lipinski definition) is 3. The second-order valence-corrected chi connectivity index (χ2v) is 3.48. The number of rotatable bonds is 3. The summed E-state index contributed by atoms with van der Waals surface area (Å²) in [7, 11) is 0. The van der Waals surface area contributed by atoms with Crippen LogP contribution in [0.25, 0.3) is 5.65 Å². The Labute approximate surface area is 93.3 Å². The van der Waals surface area contributed by atoms with Crippen LogP contribution in [-0.4, -0.2) is 26.1 Å². The Hall–Kier alpha value is -2.06. The first kappa shape index (κ1) is 11.4. The molecule has 0 N–H and O–H groups in total. The molecular weight excluding hydrogens is 236 g/mol. The monoisotopic (exact) mass is 243 g/mol. The van der Waals surface area contributed by atoms with E-state index in [2.05, 4.69) is 16.7 Å². The summed E-state index contributed by atoms with van der Waals surface area (Å²) in [6, 6.07) is 0. The lowest BCUT2D eigenvalue weighted by atomic mass is 9.80. The van der Waals surface area contributed by atoms with Gasteiger partial charge < -0.3 is 12.9 Å². The SMILES string of the molecule is C=C(Cn1nc2cnccn2c1=O)[B-](F)(F)F. The lowest BCUT2D eigenvalue weighted by Gasteiger charge is -2.16. The molecule has 0 unspecified atom stereocenters. The zero-order valence-electron chi connectivity index (χ0n) is 8.55. The average molecular weight is 243 g/mol. The summed E-state index contributed by atoms with van der Waals surface area (Å²) >= 11 is 0. The largest absolute Gasteiger partial charge is 0.506 e. The topological polar surface area (TPSA) is 52.2 Å². The molecule has 0 aromatic carbocycles. The van der Waals surface area contributed by atoms with Crippen molar-refractivity contribution in [3.63, 3.8) is 0 Å². The normalized spacial score (nSPS) is 11.9. The fourth-order valence-corrected chi connectivity index (χ4v) is 1.28. The van der Waals surface area contributed by atoms with Crippen molar-refractivity contribution in [1.29, 1.82) is 0 Å². The van der Waals surface area contributed by atoms with Gasteiger partial charge in [-0.15, -0.1) is 17.2 Å². The second kappa shape index (κ2) is 3.76. The molecule has 0 bridgehead atoms. The smallest absolute Gasteiger partial charge is 0.445 e. The quantitative estimate of drug-likeness (QED) is 0.750. The molecule has 9 heteroatoms. The van der Waals surface area contributed by atoms with Crippen molar-refractivity contribution >= 4 is 12.6 Å². The van der Waals surface area contributed by atoms with Gasteiger partial charge in [-0.3, -0.25) is 4.98 Å². The van der Waals surface area contributed by atoms with Gasteiger partial charge in [-0.05, 0) is 0 Å². The van der Waals surface area contributed by atoms with E-state index in [1.54, 1.807) is 0 Å². The summed E-state index contributed by atoms with van der Waals surface area (Å²) in [4.78, 5) is 15.3. The average Bonchev–Trinajstić information content (AvgIpc) is 2.55. The van der Waals surface area contributed by atoms with Gasteiger partial charge in [0.2, 0.25) is 0 Å². The van der Waals surface area contributed by atoms with Gasteiger partial charge in [0, 0.05) is 18.9 Å². The van der Waals surface area contributed by atoms with Crippen LogP contribution in [0, 0.1) is 0 Å². The highest BCUT2D eigenvalue weighted by Gasteiger charge is 2.27. The molecule has 5 nitrogen and oxygen atoms in total. The highest BCUT2D eigenvalue weighted by atomic mass is 19.4. The van der Waals surface area contributed by atoms with Crippen molar-refractivity contribution in [2.75, 3.05) is 0 Å². The van der Waals surface area contributed by atoms with Gasteiger partial charge in [-0.25, -0.2) is 13.9 Å². The van der Waals surface area contributed by atoms with Gasteiger partial charge in [-0.1, -0.05) is 0 Å². The molecule has 90 valence electrons. The highest BCUT2D eigenvalue weighted by Crippen LogP contribution is 2.18. The summed E-state index contributed by atoms with van der Waals surface area (Å²) in [6.07, 6.45) is 3.98. The van der Waals surface area contributed by atoms with E-state index in [-0.39, 0.29) is 5.65 Å². The lowest BCUT2D eigenvalue weighted by Crippen LogP contribution is -2.28. The van der Waals surface area contributed by atoms with Crippen LogP contribution in [0.5, 0.6) is 0 Å². The van der Waals surface area contributed by atoms with Crippen molar-refractivity contribution < 1.29 is 12.9 Å². The van der Waals surface area contributed by atoms with Crippen molar-refractivity contribution in [3.8, 4) is 0 Å². The van der Waals surface area contributed by atoms with Crippen LogP contribution in [0.15, 0.2) is 35.4 Å². The summed E-state index contributed by atoms with van der Waals surface area (Å²) < 4.78 is 38.8. The van der Waals surface area contributed by atoms with E-state index in [9.17, 15) is 17.7 Å². The number of hydrogen-bond donors (Lipinski definition) is 0. The maximum absolute atomic E-state index is 12.3. The van der Waals surface area contributed by atoms with Gasteiger partial charge in [0.1, 0.15) is 0 Å². The lowest BCUT2D eigenvalue weighted by molar-refractivity contribution is 0.478. The molecule has 0 atom stereocenters. The Morgan fingerprint density at radius 1 is 1.47 bits per heavy atom. The Morgan fingerprint density at radius 3 is 2.76 bits per heavy atom. The predicted molar refractivity (Wildman–Crippen MR) is 55.5 cm³/mol. The molecule has 2 rings (SSSR count). The molecule has 0 saturated heterocycles. The van der Waals surface area contributed by atoms with Crippen molar-refractivity contribution in [2.45, 2.75) is 6.54 Å². The van der Waals surface area contributed by atoms with Crippen LogP contribution in [0.4, 0.5) is 12.9 Å². The molecule has 0 amide bonds. The Bertz CT molecular complexity index is 629. The molecular formula is C8H7BF3N4O-. The van der Waals surface area contributed by atoms with Gasteiger partial charge in [0.05, 0.1) is 6.20 Å². The zero-order valence-corrected chi connectivity index (χ0v) is 8.55. The zero-order chi connectivity index (χ0) is 12.6. The molecule has 0 spiro atoms. The molecule has 0 aliphatic rings. The summed E-state index contributed by atoms with van der Waals surface area (Å²) in [5.74, 6) is 0. The standard InChI is InChI=1S/C8H7BF3N4O/c1-6(9(10,11)12)5-16-8(17)15-3-2-13-4-7(15)14-16/h2-4H,1,5H2/q-1. The molecule has 17 heavy (non-hydrogen) atoms. The molecule has 0 aliphatic heterocycles. The van der Waals surface area contributed by atoms with Gasteiger partial charge in [0.15, 0.2) is 5.65 Å². The summed E-state index contributed by atoms with van der Waals surface area (Å²) in [5, 5.41) is 3.72. The van der Waals surface area contributed by atoms with Crippen LogP contribution >= 0.6 is 0 Å². The Kier molecular flexibility index (Phi) is 2.53. The van der Waals surface area contributed by atoms with Gasteiger partial charge in [0.25, 0.3) is 0 Å². The number of allylic oxidation sites excluding steroid dienone is 1. The summed E-state index contributed by atoms with van der Waals surface area (Å²) in [6.45, 7) is -2.92. The molecule has 0 saturated carbocycles. The fourth-order valence-electron chi connectivity index (χ4n) is 1.28. The van der Waals surface area contributed by atoms with E-state index in [0.29, 0.717) is 4.68 Å². The van der Waals surface area contributed by atoms with Crippen LogP contribution in [0.3, 0.4) is 0 Å². The van der Waals surface area contributed by atoms with Crippen molar-refractivity contribution in [2.24, 2.45) is 0 Å². The molecule has 2 aromatic rings. The molecule has 0 fully saturated rings. The minimum atomic E-state index is -5.16. The molecule has 2 aromatic heterocycles. The molecule has 0 radical (unpaired) electrons. The van der Waals surface area contributed by atoms with Crippen LogP contribution < -0.4 is 5.69 Å². The predicted octanol–water partition coefficient (Wildman–Crippen LogP) is 0.834. The molecule has 0 aliphatic carbocycles. The highest BCUT2D eigenvalue weighted by molar-refractivity contribution is 6.66.